The minimum Gasteiger partial charge on any atom is -0.444 e. The summed E-state index contributed by atoms with van der Waals surface area (Å²) in [6.07, 6.45) is 9.07. The fourth-order valence-electron chi connectivity index (χ4n) is 3.90. The first-order chi connectivity index (χ1) is 14.7. The van der Waals surface area contributed by atoms with Crippen LogP contribution in [0.25, 0.3) is 16.6 Å². The monoisotopic (exact) mass is 484 g/mol. The van der Waals surface area contributed by atoms with Gasteiger partial charge in [-0.1, -0.05) is 0 Å². The number of likely N-dealkylation sites (tertiary alicyclic amines) is 1. The summed E-state index contributed by atoms with van der Waals surface area (Å²) in [5, 5.41) is 18.0. The molecule has 31 heavy (non-hydrogen) atoms. The molecule has 9 heteroatoms. The van der Waals surface area contributed by atoms with E-state index in [0.717, 1.165) is 47.0 Å². The molecule has 1 aliphatic heterocycles. The van der Waals surface area contributed by atoms with Crippen LogP contribution in [0.3, 0.4) is 0 Å². The molecule has 4 heterocycles. The largest absolute Gasteiger partial charge is 0.444 e. The van der Waals surface area contributed by atoms with E-state index in [4.69, 9.17) is 4.74 Å². The van der Waals surface area contributed by atoms with E-state index in [1.54, 1.807) is 15.6 Å². The SMILES string of the molecule is CC(C)(C)OC(=O)N1CCC[C@@H](Cn2cc(-c3cc(Br)c4c(C#N)cnn4c3)cn2)C1. The molecule has 3 aromatic heterocycles. The number of fused-ring (bicyclic) bond motifs is 1. The van der Waals surface area contributed by atoms with Gasteiger partial charge in [-0.25, -0.2) is 9.31 Å². The predicted octanol–water partition coefficient (Wildman–Crippen LogP) is 4.48. The van der Waals surface area contributed by atoms with Crippen LogP contribution in [0.2, 0.25) is 0 Å². The average Bonchev–Trinajstić information content (AvgIpc) is 3.34. The Morgan fingerprint density at radius 2 is 2.10 bits per heavy atom. The molecule has 1 saturated heterocycles. The smallest absolute Gasteiger partial charge is 0.410 e. The Kier molecular flexibility index (Phi) is 5.75. The lowest BCUT2D eigenvalue weighted by Gasteiger charge is -2.34. The third-order valence-corrected chi connectivity index (χ3v) is 5.87. The molecule has 1 aliphatic rings. The van der Waals surface area contributed by atoms with Gasteiger partial charge in [-0.05, 0) is 61.5 Å². The molecule has 0 saturated carbocycles. The van der Waals surface area contributed by atoms with Gasteiger partial charge in [-0.3, -0.25) is 4.68 Å². The molecule has 162 valence electrons. The Bertz CT molecular complexity index is 1150. The average molecular weight is 485 g/mol. The summed E-state index contributed by atoms with van der Waals surface area (Å²) in [4.78, 5) is 14.2. The number of carbonyl (C=O) groups excluding carboxylic acids is 1. The molecule has 0 unspecified atom stereocenters. The van der Waals surface area contributed by atoms with E-state index in [-0.39, 0.29) is 6.09 Å². The third kappa shape index (κ3) is 4.74. The van der Waals surface area contributed by atoms with Crippen LogP contribution >= 0.6 is 15.9 Å². The zero-order chi connectivity index (χ0) is 22.2. The number of hydrogen-bond acceptors (Lipinski definition) is 5. The molecular weight excluding hydrogens is 460 g/mol. The first-order valence-corrected chi connectivity index (χ1v) is 11.1. The fourth-order valence-corrected chi connectivity index (χ4v) is 4.54. The number of nitriles is 1. The van der Waals surface area contributed by atoms with Crippen molar-refractivity contribution in [3.8, 4) is 17.2 Å². The van der Waals surface area contributed by atoms with Crippen LogP contribution in [0, 0.1) is 17.2 Å². The number of hydrogen-bond donors (Lipinski definition) is 0. The van der Waals surface area contributed by atoms with Crippen LogP contribution < -0.4 is 0 Å². The van der Waals surface area contributed by atoms with Crippen LogP contribution in [0.1, 0.15) is 39.2 Å². The maximum Gasteiger partial charge on any atom is 0.410 e. The lowest BCUT2D eigenvalue weighted by molar-refractivity contribution is 0.0155. The van der Waals surface area contributed by atoms with Gasteiger partial charge in [0.15, 0.2) is 0 Å². The summed E-state index contributed by atoms with van der Waals surface area (Å²) in [6, 6.07) is 4.13. The molecular formula is C22H25BrN6O2. The molecule has 0 N–H and O–H groups in total. The van der Waals surface area contributed by atoms with E-state index in [1.165, 1.54) is 0 Å². The Morgan fingerprint density at radius 1 is 1.29 bits per heavy atom. The zero-order valence-corrected chi connectivity index (χ0v) is 19.5. The molecule has 1 atom stereocenters. The minimum atomic E-state index is -0.487. The zero-order valence-electron chi connectivity index (χ0n) is 17.9. The summed E-state index contributed by atoms with van der Waals surface area (Å²) in [5.41, 5.74) is 2.72. The number of ether oxygens (including phenoxy) is 1. The van der Waals surface area contributed by atoms with E-state index in [9.17, 15) is 10.1 Å². The second-order valence-corrected chi connectivity index (χ2v) is 9.78. The van der Waals surface area contributed by atoms with E-state index in [2.05, 4.69) is 32.2 Å². The quantitative estimate of drug-likeness (QED) is 0.546. The van der Waals surface area contributed by atoms with Gasteiger partial charge in [0.25, 0.3) is 0 Å². The maximum absolute atomic E-state index is 12.4. The Hall–Kier alpha value is -2.86. The lowest BCUT2D eigenvalue weighted by Crippen LogP contribution is -2.43. The molecule has 0 bridgehead atoms. The number of rotatable bonds is 3. The third-order valence-electron chi connectivity index (χ3n) is 5.27. The van der Waals surface area contributed by atoms with Crippen molar-refractivity contribution < 1.29 is 9.53 Å². The van der Waals surface area contributed by atoms with Gasteiger partial charge in [-0.15, -0.1) is 0 Å². The van der Waals surface area contributed by atoms with Gasteiger partial charge >= 0.3 is 6.09 Å². The van der Waals surface area contributed by atoms with Crippen molar-refractivity contribution in [3.05, 3.63) is 40.9 Å². The van der Waals surface area contributed by atoms with Crippen molar-refractivity contribution in [2.75, 3.05) is 13.1 Å². The van der Waals surface area contributed by atoms with Gasteiger partial charge < -0.3 is 9.64 Å². The topological polar surface area (TPSA) is 88.5 Å². The van der Waals surface area contributed by atoms with Gasteiger partial charge in [0.05, 0.1) is 23.5 Å². The summed E-state index contributed by atoms with van der Waals surface area (Å²) < 4.78 is 9.97. The van der Waals surface area contributed by atoms with Gasteiger partial charge in [-0.2, -0.15) is 15.5 Å². The van der Waals surface area contributed by atoms with E-state index in [0.29, 0.717) is 18.0 Å². The molecule has 0 spiro atoms. The highest BCUT2D eigenvalue weighted by atomic mass is 79.9. The van der Waals surface area contributed by atoms with Crippen LogP contribution in [-0.2, 0) is 11.3 Å². The molecule has 8 nitrogen and oxygen atoms in total. The van der Waals surface area contributed by atoms with Crippen molar-refractivity contribution in [2.45, 2.75) is 45.8 Å². The number of aromatic nitrogens is 4. The number of amides is 1. The van der Waals surface area contributed by atoms with Crippen molar-refractivity contribution >= 4 is 27.5 Å². The van der Waals surface area contributed by atoms with Crippen LogP contribution in [0.15, 0.2) is 35.3 Å². The second-order valence-electron chi connectivity index (χ2n) is 8.93. The second kappa shape index (κ2) is 8.35. The van der Waals surface area contributed by atoms with Gasteiger partial charge in [0, 0.05) is 47.6 Å². The molecule has 1 fully saturated rings. The summed E-state index contributed by atoms with van der Waals surface area (Å²) in [5.74, 6) is 0.326. The van der Waals surface area contributed by atoms with Gasteiger partial charge in [0.2, 0.25) is 0 Å². The van der Waals surface area contributed by atoms with Crippen LogP contribution in [0.5, 0.6) is 0 Å². The highest BCUT2D eigenvalue weighted by Crippen LogP contribution is 2.28. The molecule has 1 amide bonds. The Morgan fingerprint density at radius 3 is 2.84 bits per heavy atom. The number of pyridine rings is 1. The Balaban J connectivity index is 1.46. The molecule has 0 aliphatic carbocycles. The van der Waals surface area contributed by atoms with E-state index in [1.807, 2.05) is 50.1 Å². The van der Waals surface area contributed by atoms with Crippen molar-refractivity contribution in [1.29, 1.82) is 5.26 Å². The molecule has 3 aromatic rings. The lowest BCUT2D eigenvalue weighted by atomic mass is 9.98. The number of halogens is 1. The normalized spacial score (nSPS) is 17.0. The first-order valence-electron chi connectivity index (χ1n) is 10.3. The van der Waals surface area contributed by atoms with Crippen molar-refractivity contribution in [2.24, 2.45) is 5.92 Å². The number of piperidine rings is 1. The predicted molar refractivity (Wildman–Crippen MR) is 119 cm³/mol. The van der Waals surface area contributed by atoms with Crippen molar-refractivity contribution in [1.82, 2.24) is 24.3 Å². The summed E-state index contributed by atoms with van der Waals surface area (Å²) in [7, 11) is 0. The standard InChI is InChI=1S/C22H25BrN6O2/c1-22(2,3)31-21(30)27-6-4-5-15(11-27)12-28-13-18(10-25-28)16-7-19(23)20-17(8-24)9-26-29(20)14-16/h7,9-10,13-15H,4-6,11-12H2,1-3H3/t15-/m1/s1. The van der Waals surface area contributed by atoms with Crippen LogP contribution in [0.4, 0.5) is 4.79 Å². The maximum atomic E-state index is 12.4. The number of nitrogens with zero attached hydrogens (tertiary/aromatic N) is 6. The van der Waals surface area contributed by atoms with E-state index >= 15 is 0 Å². The fraction of sp³-hybridized carbons (Fsp3) is 0.455. The molecule has 4 rings (SSSR count). The summed E-state index contributed by atoms with van der Waals surface area (Å²) >= 11 is 3.55. The minimum absolute atomic E-state index is 0.243. The van der Waals surface area contributed by atoms with Gasteiger partial charge in [0.1, 0.15) is 11.7 Å². The first kappa shape index (κ1) is 21.4. The highest BCUT2D eigenvalue weighted by molar-refractivity contribution is 9.10. The molecule has 0 radical (unpaired) electrons. The Labute approximate surface area is 189 Å². The van der Waals surface area contributed by atoms with E-state index < -0.39 is 5.60 Å². The van der Waals surface area contributed by atoms with Crippen molar-refractivity contribution in [3.63, 3.8) is 0 Å². The summed E-state index contributed by atoms with van der Waals surface area (Å²) in [6.45, 7) is 7.81. The number of carbonyl (C=O) groups is 1. The molecule has 0 aromatic carbocycles. The van der Waals surface area contributed by atoms with Crippen LogP contribution in [-0.4, -0.2) is 49.1 Å². The highest BCUT2D eigenvalue weighted by Gasteiger charge is 2.28.